The first-order valence-corrected chi connectivity index (χ1v) is 8.57. The summed E-state index contributed by atoms with van der Waals surface area (Å²) >= 11 is 10.1. The molecule has 0 spiro atoms. The maximum absolute atomic E-state index is 5.95. The average molecular weight is 288 g/mol. The minimum absolute atomic E-state index is 0.454. The van der Waals surface area contributed by atoms with Crippen LogP contribution >= 0.6 is 35.1 Å². The van der Waals surface area contributed by atoms with Gasteiger partial charge in [-0.3, -0.25) is 0 Å². The molecule has 17 heavy (non-hydrogen) atoms. The van der Waals surface area contributed by atoms with Gasteiger partial charge in [0.25, 0.3) is 0 Å². The summed E-state index contributed by atoms with van der Waals surface area (Å²) in [4.78, 5) is 0. The van der Waals surface area contributed by atoms with Crippen LogP contribution in [0.5, 0.6) is 0 Å². The highest BCUT2D eigenvalue weighted by molar-refractivity contribution is 8.06. The van der Waals surface area contributed by atoms with Crippen molar-refractivity contribution >= 4 is 35.1 Å². The van der Waals surface area contributed by atoms with Crippen LogP contribution in [0.3, 0.4) is 0 Å². The highest BCUT2D eigenvalue weighted by Gasteiger charge is 2.25. The predicted octanol–water partition coefficient (Wildman–Crippen LogP) is 3.84. The van der Waals surface area contributed by atoms with Crippen molar-refractivity contribution in [2.24, 2.45) is 0 Å². The molecule has 2 atom stereocenters. The van der Waals surface area contributed by atoms with Gasteiger partial charge in [0.15, 0.2) is 0 Å². The largest absolute Gasteiger partial charge is 0.309 e. The summed E-state index contributed by atoms with van der Waals surface area (Å²) in [6, 6.07) is 8.73. The molecule has 0 bridgehead atoms. The zero-order chi connectivity index (χ0) is 12.1. The molecule has 1 aliphatic rings. The molecular formula is C13H18ClNS2. The van der Waals surface area contributed by atoms with Crippen molar-refractivity contribution in [3.05, 3.63) is 34.9 Å². The van der Waals surface area contributed by atoms with E-state index in [9.17, 15) is 0 Å². The van der Waals surface area contributed by atoms with E-state index in [0.29, 0.717) is 11.3 Å². The number of nitrogens with one attached hydrogen (secondary N) is 1. The minimum atomic E-state index is 0.454. The molecule has 0 aliphatic carbocycles. The second-order valence-electron chi connectivity index (χ2n) is 4.07. The summed E-state index contributed by atoms with van der Waals surface area (Å²) in [5, 5.41) is 5.10. The van der Waals surface area contributed by atoms with Crippen LogP contribution in [0.4, 0.5) is 0 Å². The van der Waals surface area contributed by atoms with Crippen LogP contribution in [0.25, 0.3) is 0 Å². The zero-order valence-electron chi connectivity index (χ0n) is 9.99. The van der Waals surface area contributed by atoms with Gasteiger partial charge in [0, 0.05) is 33.6 Å². The van der Waals surface area contributed by atoms with E-state index in [1.54, 1.807) is 0 Å². The van der Waals surface area contributed by atoms with E-state index in [1.165, 1.54) is 22.8 Å². The van der Waals surface area contributed by atoms with Gasteiger partial charge in [0.1, 0.15) is 0 Å². The summed E-state index contributed by atoms with van der Waals surface area (Å²) in [6.45, 7) is 3.18. The van der Waals surface area contributed by atoms with Gasteiger partial charge in [0.05, 0.1) is 0 Å². The van der Waals surface area contributed by atoms with E-state index in [4.69, 9.17) is 11.6 Å². The van der Waals surface area contributed by atoms with Crippen molar-refractivity contribution in [2.45, 2.75) is 18.2 Å². The Morgan fingerprint density at radius 3 is 2.71 bits per heavy atom. The molecule has 1 heterocycles. The fraction of sp³-hybridized carbons (Fsp3) is 0.538. The van der Waals surface area contributed by atoms with Crippen molar-refractivity contribution < 1.29 is 0 Å². The van der Waals surface area contributed by atoms with Crippen LogP contribution in [0, 0.1) is 0 Å². The van der Waals surface area contributed by atoms with Gasteiger partial charge in [-0.25, -0.2) is 0 Å². The van der Waals surface area contributed by atoms with Crippen molar-refractivity contribution in [3.63, 3.8) is 0 Å². The monoisotopic (exact) mass is 287 g/mol. The van der Waals surface area contributed by atoms with Gasteiger partial charge in [-0.2, -0.15) is 23.5 Å². The number of rotatable bonds is 4. The maximum Gasteiger partial charge on any atom is 0.0448 e. The molecule has 0 amide bonds. The molecule has 0 aromatic heterocycles. The Hall–Kier alpha value is 0.170. The Morgan fingerprint density at radius 1 is 1.35 bits per heavy atom. The molecule has 2 unspecified atom stereocenters. The third kappa shape index (κ3) is 3.82. The normalized spacial score (nSPS) is 22.4. The standard InChI is InChI=1S/C13H18ClNS2/c1-2-15-13(12-9-16-7-8-17-12)10-3-5-11(14)6-4-10/h3-6,12-13,15H,2,7-9H2,1H3. The second kappa shape index (κ2) is 6.93. The summed E-state index contributed by atoms with van der Waals surface area (Å²) in [5.41, 5.74) is 1.36. The Bertz CT molecular complexity index is 336. The first-order chi connectivity index (χ1) is 8.31. The van der Waals surface area contributed by atoms with Crippen LogP contribution in [-0.4, -0.2) is 29.1 Å². The van der Waals surface area contributed by atoms with Gasteiger partial charge in [-0.1, -0.05) is 30.7 Å². The Balaban J connectivity index is 2.12. The van der Waals surface area contributed by atoms with Crippen LogP contribution in [0.1, 0.15) is 18.5 Å². The first kappa shape index (κ1) is 13.6. The van der Waals surface area contributed by atoms with E-state index >= 15 is 0 Å². The van der Waals surface area contributed by atoms with E-state index in [-0.39, 0.29) is 0 Å². The highest BCUT2D eigenvalue weighted by atomic mass is 35.5. The lowest BCUT2D eigenvalue weighted by atomic mass is 10.0. The van der Waals surface area contributed by atoms with Crippen LogP contribution in [-0.2, 0) is 0 Å². The fourth-order valence-electron chi connectivity index (χ4n) is 2.05. The van der Waals surface area contributed by atoms with E-state index < -0.39 is 0 Å². The number of benzene rings is 1. The van der Waals surface area contributed by atoms with E-state index in [0.717, 1.165) is 11.6 Å². The summed E-state index contributed by atoms with van der Waals surface area (Å²) < 4.78 is 0. The van der Waals surface area contributed by atoms with Crippen molar-refractivity contribution in [1.29, 1.82) is 0 Å². The molecule has 2 rings (SSSR count). The molecule has 94 valence electrons. The van der Waals surface area contributed by atoms with Crippen molar-refractivity contribution in [1.82, 2.24) is 5.32 Å². The molecule has 1 aliphatic heterocycles. The first-order valence-electron chi connectivity index (χ1n) is 5.99. The predicted molar refractivity (Wildman–Crippen MR) is 81.4 cm³/mol. The molecule has 0 radical (unpaired) electrons. The highest BCUT2D eigenvalue weighted by Crippen LogP contribution is 2.33. The lowest BCUT2D eigenvalue weighted by Gasteiger charge is -2.30. The number of hydrogen-bond donors (Lipinski definition) is 1. The summed E-state index contributed by atoms with van der Waals surface area (Å²) in [7, 11) is 0. The van der Waals surface area contributed by atoms with Crippen molar-refractivity contribution in [3.8, 4) is 0 Å². The van der Waals surface area contributed by atoms with Crippen LogP contribution < -0.4 is 5.32 Å². The number of halogens is 1. The maximum atomic E-state index is 5.95. The second-order valence-corrected chi connectivity index (χ2v) is 7.00. The molecule has 1 aromatic rings. The molecule has 1 saturated heterocycles. The summed E-state index contributed by atoms with van der Waals surface area (Å²) in [5.74, 6) is 3.80. The topological polar surface area (TPSA) is 12.0 Å². The van der Waals surface area contributed by atoms with Gasteiger partial charge in [-0.05, 0) is 24.2 Å². The van der Waals surface area contributed by atoms with Crippen LogP contribution in [0.15, 0.2) is 24.3 Å². The smallest absolute Gasteiger partial charge is 0.0448 e. The molecule has 4 heteroatoms. The SMILES string of the molecule is CCNC(c1ccc(Cl)cc1)C1CSCCS1. The Labute approximate surface area is 117 Å². The van der Waals surface area contributed by atoms with Gasteiger partial charge >= 0.3 is 0 Å². The third-order valence-electron chi connectivity index (χ3n) is 2.87. The molecule has 1 fully saturated rings. The van der Waals surface area contributed by atoms with Crippen molar-refractivity contribution in [2.75, 3.05) is 23.8 Å². The quantitative estimate of drug-likeness (QED) is 0.904. The van der Waals surface area contributed by atoms with Gasteiger partial charge in [0.2, 0.25) is 0 Å². The van der Waals surface area contributed by atoms with E-state index in [1.807, 2.05) is 12.1 Å². The molecular weight excluding hydrogens is 270 g/mol. The third-order valence-corrected chi connectivity index (χ3v) is 5.98. The number of hydrogen-bond acceptors (Lipinski definition) is 3. The zero-order valence-corrected chi connectivity index (χ0v) is 12.4. The Kier molecular flexibility index (Phi) is 5.54. The molecule has 0 saturated carbocycles. The van der Waals surface area contributed by atoms with Gasteiger partial charge in [-0.15, -0.1) is 0 Å². The minimum Gasteiger partial charge on any atom is -0.309 e. The molecule has 1 N–H and O–H groups in total. The molecule has 1 nitrogen and oxygen atoms in total. The van der Waals surface area contributed by atoms with Gasteiger partial charge < -0.3 is 5.32 Å². The lowest BCUT2D eigenvalue weighted by molar-refractivity contribution is 0.550. The fourth-order valence-corrected chi connectivity index (χ4v) is 5.05. The molecule has 1 aromatic carbocycles. The Morgan fingerprint density at radius 2 is 2.12 bits per heavy atom. The lowest BCUT2D eigenvalue weighted by Crippen LogP contribution is -2.33. The average Bonchev–Trinajstić information content (AvgIpc) is 2.38. The number of thioether (sulfide) groups is 2. The van der Waals surface area contributed by atoms with E-state index in [2.05, 4.69) is 47.9 Å². The summed E-state index contributed by atoms with van der Waals surface area (Å²) in [6.07, 6.45) is 0. The van der Waals surface area contributed by atoms with Crippen LogP contribution in [0.2, 0.25) is 5.02 Å².